The van der Waals surface area contributed by atoms with Crippen LogP contribution < -0.4 is 10.7 Å². The Balaban J connectivity index is 2.15. The molecule has 0 fully saturated rings. The van der Waals surface area contributed by atoms with E-state index in [1.54, 1.807) is 0 Å². The van der Waals surface area contributed by atoms with Gasteiger partial charge in [-0.1, -0.05) is 0 Å². The van der Waals surface area contributed by atoms with E-state index in [1.807, 2.05) is 0 Å². The number of carbonyl (C=O) groups is 1. The van der Waals surface area contributed by atoms with Gasteiger partial charge in [0.1, 0.15) is 18.3 Å². The molecule has 1 heterocycles. The highest BCUT2D eigenvalue weighted by atomic mass is 32.1. The molecule has 1 aromatic rings. The highest BCUT2D eigenvalue weighted by Gasteiger charge is 2.10. The van der Waals surface area contributed by atoms with Crippen LogP contribution in [0.2, 0.25) is 0 Å². The quantitative estimate of drug-likeness (QED) is 0.133. The molecule has 0 aliphatic heterocycles. The third-order valence-electron chi connectivity index (χ3n) is 2.02. The van der Waals surface area contributed by atoms with E-state index in [0.717, 1.165) is 0 Å². The van der Waals surface area contributed by atoms with Gasteiger partial charge in [0.25, 0.3) is 0 Å². The first-order valence-corrected chi connectivity index (χ1v) is 6.42. The number of hydrogen-bond acceptors (Lipinski definition) is 8. The maximum Gasteiger partial charge on any atom is 0.433 e. The minimum atomic E-state index is -0.649. The Hall–Kier alpha value is -2.53. The molecule has 0 atom stereocenters. The lowest BCUT2D eigenvalue weighted by molar-refractivity contribution is -0.402. The molecule has 120 valence electrons. The van der Waals surface area contributed by atoms with Crippen molar-refractivity contribution in [3.05, 3.63) is 28.0 Å². The van der Waals surface area contributed by atoms with Gasteiger partial charge in [-0.3, -0.25) is 20.3 Å². The van der Waals surface area contributed by atoms with Gasteiger partial charge in [0, 0.05) is 6.92 Å². The minimum absolute atomic E-state index is 0.106. The predicted octanol–water partition coefficient (Wildman–Crippen LogP) is 0.523. The molecule has 2 N–H and O–H groups in total. The van der Waals surface area contributed by atoms with Crippen molar-refractivity contribution >= 4 is 35.4 Å². The summed E-state index contributed by atoms with van der Waals surface area (Å²) in [5.74, 6) is -0.538. The summed E-state index contributed by atoms with van der Waals surface area (Å²) < 4.78 is 14.6. The van der Waals surface area contributed by atoms with Crippen LogP contribution in [0.4, 0.5) is 5.88 Å². The van der Waals surface area contributed by atoms with Crippen LogP contribution in [-0.2, 0) is 14.3 Å². The highest BCUT2D eigenvalue weighted by Crippen LogP contribution is 2.13. The summed E-state index contributed by atoms with van der Waals surface area (Å²) in [6.07, 6.45) is 1.24. The summed E-state index contributed by atoms with van der Waals surface area (Å²) in [5, 5.41) is 17.0. The number of hydrazone groups is 1. The van der Waals surface area contributed by atoms with E-state index < -0.39 is 4.92 Å². The fraction of sp³-hybridized carbons (Fsp3) is 0.364. The van der Waals surface area contributed by atoms with Crippen molar-refractivity contribution < 1.29 is 23.6 Å². The second-order valence-electron chi connectivity index (χ2n) is 3.70. The zero-order chi connectivity index (χ0) is 16.4. The lowest BCUT2D eigenvalue weighted by Gasteiger charge is -2.07. The monoisotopic (exact) mass is 330 g/mol. The van der Waals surface area contributed by atoms with Crippen molar-refractivity contribution in [3.63, 3.8) is 0 Å². The van der Waals surface area contributed by atoms with E-state index in [0.29, 0.717) is 0 Å². The van der Waals surface area contributed by atoms with Crippen molar-refractivity contribution in [1.29, 1.82) is 0 Å². The van der Waals surface area contributed by atoms with Gasteiger partial charge in [-0.15, -0.1) is 0 Å². The van der Waals surface area contributed by atoms with Gasteiger partial charge in [-0.05, 0) is 18.3 Å². The molecule has 0 aliphatic rings. The number of nitrogens with zero attached hydrogens (tertiary/aromatic N) is 2. The van der Waals surface area contributed by atoms with Crippen molar-refractivity contribution in [3.8, 4) is 0 Å². The molecule has 0 radical (unpaired) electrons. The number of rotatable bonds is 8. The molecule has 0 amide bonds. The molecule has 1 rings (SSSR count). The molecule has 0 bridgehead atoms. The topological polar surface area (TPSA) is 128 Å². The number of carbonyl (C=O) groups excluding carboxylic acids is 1. The number of esters is 1. The standard InChI is InChI=1S/C11H14N4O6S/c1-8(16)20-5-4-19-7-12-11(22)14-13-6-9-2-3-10(21-9)15(17)18/h2-3,6H,4-5,7H2,1H3,(H2,12,14,22)/b13-6+. The molecular formula is C11H14N4O6S. The summed E-state index contributed by atoms with van der Waals surface area (Å²) in [5.41, 5.74) is 2.47. The molecule has 0 unspecified atom stereocenters. The molecule has 0 aliphatic carbocycles. The Morgan fingerprint density at radius 2 is 2.32 bits per heavy atom. The molecule has 0 saturated heterocycles. The van der Waals surface area contributed by atoms with Gasteiger partial charge in [-0.25, -0.2) is 0 Å². The second-order valence-corrected chi connectivity index (χ2v) is 4.11. The minimum Gasteiger partial charge on any atom is -0.463 e. The molecule has 0 aromatic carbocycles. The van der Waals surface area contributed by atoms with Crippen molar-refractivity contribution in [2.45, 2.75) is 6.92 Å². The highest BCUT2D eigenvalue weighted by molar-refractivity contribution is 7.80. The van der Waals surface area contributed by atoms with Gasteiger partial charge in [0.05, 0.1) is 18.9 Å². The molecule has 22 heavy (non-hydrogen) atoms. The molecule has 1 aromatic heterocycles. The van der Waals surface area contributed by atoms with Gasteiger partial charge in [-0.2, -0.15) is 5.10 Å². The van der Waals surface area contributed by atoms with E-state index in [9.17, 15) is 14.9 Å². The molecular weight excluding hydrogens is 316 g/mol. The van der Waals surface area contributed by atoms with E-state index in [4.69, 9.17) is 21.4 Å². The number of thiocarbonyl (C=S) groups is 1. The fourth-order valence-electron chi connectivity index (χ4n) is 1.14. The van der Waals surface area contributed by atoms with Gasteiger partial charge in [0.2, 0.25) is 0 Å². The summed E-state index contributed by atoms with van der Waals surface area (Å²) in [7, 11) is 0. The number of furan rings is 1. The average molecular weight is 330 g/mol. The number of nitrogens with one attached hydrogen (secondary N) is 2. The summed E-state index contributed by atoms with van der Waals surface area (Å²) >= 11 is 4.90. The lowest BCUT2D eigenvalue weighted by Crippen LogP contribution is -2.34. The summed E-state index contributed by atoms with van der Waals surface area (Å²) in [6, 6.07) is 2.62. The van der Waals surface area contributed by atoms with Crippen LogP contribution in [0.15, 0.2) is 21.7 Å². The van der Waals surface area contributed by atoms with E-state index in [-0.39, 0.29) is 42.7 Å². The second kappa shape index (κ2) is 9.41. The summed E-state index contributed by atoms with van der Waals surface area (Å²) in [6.45, 7) is 1.80. The smallest absolute Gasteiger partial charge is 0.433 e. The number of hydrogen-bond donors (Lipinski definition) is 2. The van der Waals surface area contributed by atoms with Crippen LogP contribution in [-0.4, -0.2) is 42.2 Å². The zero-order valence-corrected chi connectivity index (χ0v) is 12.4. The van der Waals surface area contributed by atoms with Crippen molar-refractivity contribution in [2.75, 3.05) is 19.9 Å². The average Bonchev–Trinajstić information content (AvgIpc) is 2.91. The van der Waals surface area contributed by atoms with Gasteiger partial charge in [0.15, 0.2) is 10.9 Å². The van der Waals surface area contributed by atoms with Crippen LogP contribution in [0.25, 0.3) is 0 Å². The normalized spacial score (nSPS) is 10.4. The first-order chi connectivity index (χ1) is 10.5. The SMILES string of the molecule is CC(=O)OCCOCNC(=S)N/N=C/c1ccc([N+](=O)[O-])o1. The zero-order valence-electron chi connectivity index (χ0n) is 11.6. The van der Waals surface area contributed by atoms with Crippen molar-refractivity contribution in [1.82, 2.24) is 10.7 Å². The lowest BCUT2D eigenvalue weighted by atomic mass is 10.5. The summed E-state index contributed by atoms with van der Waals surface area (Å²) in [4.78, 5) is 20.2. The number of nitro groups is 1. The fourth-order valence-corrected chi connectivity index (χ4v) is 1.25. The first-order valence-electron chi connectivity index (χ1n) is 6.01. The Kier molecular flexibility index (Phi) is 7.50. The molecule has 0 saturated carbocycles. The van der Waals surface area contributed by atoms with Gasteiger partial charge < -0.3 is 19.2 Å². The van der Waals surface area contributed by atoms with Crippen LogP contribution in [0.1, 0.15) is 12.7 Å². The van der Waals surface area contributed by atoms with Crippen LogP contribution in [0, 0.1) is 10.1 Å². The first kappa shape index (κ1) is 17.5. The Morgan fingerprint density at radius 1 is 1.55 bits per heavy atom. The number of ether oxygens (including phenoxy) is 2. The van der Waals surface area contributed by atoms with Crippen LogP contribution >= 0.6 is 12.2 Å². The predicted molar refractivity (Wildman–Crippen MR) is 79.3 cm³/mol. The molecule has 11 heteroatoms. The maximum absolute atomic E-state index is 10.5. The Morgan fingerprint density at radius 3 is 2.95 bits per heavy atom. The van der Waals surface area contributed by atoms with E-state index in [2.05, 4.69) is 20.6 Å². The Labute approximate surface area is 130 Å². The molecule has 10 nitrogen and oxygen atoms in total. The van der Waals surface area contributed by atoms with E-state index in [1.165, 1.54) is 25.3 Å². The Bertz CT molecular complexity index is 559. The van der Waals surface area contributed by atoms with E-state index >= 15 is 0 Å². The third kappa shape index (κ3) is 7.31. The largest absolute Gasteiger partial charge is 0.463 e. The maximum atomic E-state index is 10.5. The third-order valence-corrected chi connectivity index (χ3v) is 2.25. The van der Waals surface area contributed by atoms with Crippen LogP contribution in [0.3, 0.4) is 0 Å². The van der Waals surface area contributed by atoms with Gasteiger partial charge >= 0.3 is 11.9 Å². The molecule has 0 spiro atoms. The van der Waals surface area contributed by atoms with Crippen LogP contribution in [0.5, 0.6) is 0 Å². The van der Waals surface area contributed by atoms with Crippen molar-refractivity contribution in [2.24, 2.45) is 5.10 Å².